The van der Waals surface area contributed by atoms with Crippen LogP contribution in [0.4, 0.5) is 5.69 Å². The molecule has 3 aliphatic heterocycles. The van der Waals surface area contributed by atoms with Crippen LogP contribution in [0.2, 0.25) is 0 Å². The molecule has 37 heavy (non-hydrogen) atoms. The van der Waals surface area contributed by atoms with E-state index < -0.39 is 23.6 Å². The first-order valence-corrected chi connectivity index (χ1v) is 12.2. The number of anilines is 1. The van der Waals surface area contributed by atoms with Crippen molar-refractivity contribution in [1.29, 1.82) is 0 Å². The molecule has 3 fully saturated rings. The van der Waals surface area contributed by atoms with E-state index in [1.807, 2.05) is 0 Å². The Hall–Kier alpha value is -1.05. The molecule has 0 unspecified atom stereocenters. The van der Waals surface area contributed by atoms with E-state index in [0.29, 0.717) is 18.4 Å². The minimum atomic E-state index is -0.718. The number of benzene rings is 1. The predicted molar refractivity (Wildman–Crippen MR) is 163 cm³/mol. The lowest BCUT2D eigenvalue weighted by molar-refractivity contribution is -0.139. The molecule has 0 bridgehead atoms. The largest absolute Gasteiger partial charge is 0.366 e. The second-order valence-electron chi connectivity index (χ2n) is 9.46. The fourth-order valence-electron chi connectivity index (χ4n) is 5.60. The molecule has 0 radical (unpaired) electrons. The van der Waals surface area contributed by atoms with Crippen LogP contribution in [0, 0.1) is 5.92 Å². The molecule has 3 heterocycles. The fourth-order valence-corrected chi connectivity index (χ4v) is 5.96. The van der Waals surface area contributed by atoms with Crippen molar-refractivity contribution in [3.63, 3.8) is 0 Å². The van der Waals surface area contributed by atoms with Gasteiger partial charge in [-0.2, -0.15) is 54.0 Å². The third-order valence-corrected chi connectivity index (χ3v) is 7.73. The van der Waals surface area contributed by atoms with Crippen LogP contribution in [0.25, 0.3) is 0 Å². The highest BCUT2D eigenvalue weighted by atomic mass is 35.5. The number of carbonyl (C=O) groups excluding carboxylic acids is 4. The van der Waals surface area contributed by atoms with Gasteiger partial charge in [-0.25, -0.2) is 0 Å². The van der Waals surface area contributed by atoms with Crippen molar-refractivity contribution in [3.05, 3.63) is 29.3 Å². The Labute approximate surface area is 250 Å². The average Bonchev–Trinajstić information content (AvgIpc) is 3.37. The van der Waals surface area contributed by atoms with Gasteiger partial charge >= 0.3 is 0 Å². The number of hydrogen-bond donors (Lipinski definition) is 2. The molecule has 2 saturated heterocycles. The summed E-state index contributed by atoms with van der Waals surface area (Å²) in [5.74, 6) is -0.739. The number of Topliss-reactive ketones (excluding diaryl/α,β-unsaturated/α-hetero) is 1. The van der Waals surface area contributed by atoms with Crippen LogP contribution in [-0.4, -0.2) is 65.1 Å². The summed E-state index contributed by atoms with van der Waals surface area (Å²) in [6.45, 7) is 0.202. The summed E-state index contributed by atoms with van der Waals surface area (Å²) < 4.78 is 5.53. The third-order valence-electron chi connectivity index (χ3n) is 7.34. The third kappa shape index (κ3) is 6.94. The SMILES string of the molecule is O=C1CCc2cc(C(=O)N[C@H](C(=O)N3C[C@H](Cl)[C@H]4OCC(=O)[C@H]43)C3CCCCC3)ccc2N1.S.S.S.S. The minimum Gasteiger partial charge on any atom is -0.366 e. The predicted octanol–water partition coefficient (Wildman–Crippen LogP) is 2.49. The maximum atomic E-state index is 13.7. The van der Waals surface area contributed by atoms with Gasteiger partial charge in [0.05, 0.1) is 5.38 Å². The quantitative estimate of drug-likeness (QED) is 0.511. The number of aryl methyl sites for hydroxylation is 1. The van der Waals surface area contributed by atoms with Gasteiger partial charge in [-0.1, -0.05) is 19.3 Å². The van der Waals surface area contributed by atoms with Gasteiger partial charge in [0.2, 0.25) is 11.8 Å². The van der Waals surface area contributed by atoms with E-state index in [2.05, 4.69) is 10.6 Å². The van der Waals surface area contributed by atoms with Crippen molar-refractivity contribution in [2.24, 2.45) is 5.92 Å². The molecule has 208 valence electrons. The maximum Gasteiger partial charge on any atom is 0.251 e. The van der Waals surface area contributed by atoms with E-state index in [1.54, 1.807) is 18.2 Å². The smallest absolute Gasteiger partial charge is 0.251 e. The number of nitrogens with zero attached hydrogens (tertiary/aromatic N) is 1. The fraction of sp³-hybridized carbons (Fsp3) is 0.583. The van der Waals surface area contributed by atoms with E-state index in [-0.39, 0.29) is 96.6 Å². The number of likely N-dealkylation sites (tertiary alicyclic amines) is 1. The molecule has 2 N–H and O–H groups in total. The monoisotopic (exact) mass is 609 g/mol. The molecule has 8 nitrogen and oxygen atoms in total. The molecule has 0 spiro atoms. The molecule has 1 aromatic rings. The van der Waals surface area contributed by atoms with Gasteiger partial charge in [-0.3, -0.25) is 19.2 Å². The number of amides is 3. The Morgan fingerprint density at radius 1 is 1.05 bits per heavy atom. The highest BCUT2D eigenvalue weighted by Gasteiger charge is 2.53. The number of alkyl halides is 1. The number of halogens is 1. The Bertz CT molecular complexity index is 1010. The molecular formula is C24H36ClN3O5S4. The van der Waals surface area contributed by atoms with Gasteiger partial charge < -0.3 is 20.3 Å². The van der Waals surface area contributed by atoms with Gasteiger partial charge in [-0.05, 0) is 48.9 Å². The molecule has 1 aliphatic carbocycles. The number of ether oxygens (including phenoxy) is 1. The zero-order valence-electron chi connectivity index (χ0n) is 20.3. The van der Waals surface area contributed by atoms with Crippen LogP contribution in [0.1, 0.15) is 54.4 Å². The van der Waals surface area contributed by atoms with Crippen molar-refractivity contribution >= 4 is 94.8 Å². The highest BCUT2D eigenvalue weighted by molar-refractivity contribution is 7.59. The second kappa shape index (κ2) is 14.4. The van der Waals surface area contributed by atoms with E-state index in [1.165, 1.54) is 4.90 Å². The summed E-state index contributed by atoms with van der Waals surface area (Å²) in [7, 11) is 0. The van der Waals surface area contributed by atoms with Crippen LogP contribution in [0.5, 0.6) is 0 Å². The molecule has 4 aliphatic rings. The summed E-state index contributed by atoms with van der Waals surface area (Å²) in [4.78, 5) is 52.5. The van der Waals surface area contributed by atoms with Gasteiger partial charge in [0.1, 0.15) is 24.8 Å². The lowest BCUT2D eigenvalue weighted by Gasteiger charge is -2.34. The Morgan fingerprint density at radius 2 is 1.76 bits per heavy atom. The molecule has 0 aromatic heterocycles. The Morgan fingerprint density at radius 3 is 2.46 bits per heavy atom. The Balaban J connectivity index is 0.00000171. The lowest BCUT2D eigenvalue weighted by atomic mass is 9.83. The molecule has 5 rings (SSSR count). The van der Waals surface area contributed by atoms with Crippen molar-refractivity contribution in [2.45, 2.75) is 68.5 Å². The Kier molecular flexibility index (Phi) is 13.2. The summed E-state index contributed by atoms with van der Waals surface area (Å²) >= 11 is 6.40. The van der Waals surface area contributed by atoms with Crippen molar-refractivity contribution in [2.75, 3.05) is 18.5 Å². The average molecular weight is 610 g/mol. The van der Waals surface area contributed by atoms with E-state index >= 15 is 0 Å². The van der Waals surface area contributed by atoms with Crippen LogP contribution < -0.4 is 10.6 Å². The molecule has 1 aromatic carbocycles. The van der Waals surface area contributed by atoms with Gasteiger partial charge in [0.15, 0.2) is 5.78 Å². The number of ketones is 1. The first-order valence-electron chi connectivity index (χ1n) is 11.7. The molecular weight excluding hydrogens is 574 g/mol. The first-order chi connectivity index (χ1) is 15.9. The lowest BCUT2D eigenvalue weighted by Crippen LogP contribution is -2.55. The minimum absolute atomic E-state index is 0. The van der Waals surface area contributed by atoms with Crippen molar-refractivity contribution < 1.29 is 23.9 Å². The number of rotatable bonds is 4. The first kappa shape index (κ1) is 34.0. The van der Waals surface area contributed by atoms with Gasteiger partial charge in [-0.15, -0.1) is 11.6 Å². The highest BCUT2D eigenvalue weighted by Crippen LogP contribution is 2.34. The van der Waals surface area contributed by atoms with Crippen molar-refractivity contribution in [3.8, 4) is 0 Å². The summed E-state index contributed by atoms with van der Waals surface area (Å²) in [5.41, 5.74) is 2.08. The van der Waals surface area contributed by atoms with Crippen LogP contribution in [-0.2, 0) is 25.5 Å². The van der Waals surface area contributed by atoms with E-state index in [4.69, 9.17) is 16.3 Å². The number of carbonyl (C=O) groups is 4. The zero-order valence-corrected chi connectivity index (χ0v) is 25.1. The summed E-state index contributed by atoms with van der Waals surface area (Å²) in [6.07, 6.45) is 5.31. The molecule has 1 saturated carbocycles. The van der Waals surface area contributed by atoms with Gasteiger partial charge in [0.25, 0.3) is 5.91 Å². The molecule has 4 atom stereocenters. The van der Waals surface area contributed by atoms with Crippen LogP contribution >= 0.6 is 65.6 Å². The van der Waals surface area contributed by atoms with Gasteiger partial charge in [0, 0.05) is 24.2 Å². The van der Waals surface area contributed by atoms with Crippen LogP contribution in [0.3, 0.4) is 0 Å². The van der Waals surface area contributed by atoms with Crippen molar-refractivity contribution in [1.82, 2.24) is 10.2 Å². The summed E-state index contributed by atoms with van der Waals surface area (Å²) in [6, 6.07) is 3.79. The molecule has 13 heteroatoms. The zero-order chi connectivity index (χ0) is 23.1. The number of fused-ring (bicyclic) bond motifs is 2. The topological polar surface area (TPSA) is 105 Å². The van der Waals surface area contributed by atoms with Crippen LogP contribution in [0.15, 0.2) is 18.2 Å². The standard InChI is InChI=1S/C24H28ClN3O5.4H2S/c25-16-11-28(21-18(29)12-33-22(16)21)24(32)20(13-4-2-1-3-5-13)27-23(31)15-6-8-17-14(10-15)7-9-19(30)26-17;;;;/h6,8,10,13,16,20-22H,1-5,7,9,11-12H2,(H,26,30)(H,27,31);4*1H2/t16-,20-,21+,22+;;;;/m0..../s1. The second-order valence-corrected chi connectivity index (χ2v) is 10.0. The summed E-state index contributed by atoms with van der Waals surface area (Å²) in [5, 5.41) is 5.37. The maximum absolute atomic E-state index is 13.7. The molecule has 3 amide bonds. The normalized spacial score (nSPS) is 25.1. The van der Waals surface area contributed by atoms with E-state index in [9.17, 15) is 19.2 Å². The number of nitrogens with one attached hydrogen (secondary N) is 2. The number of hydrogen-bond acceptors (Lipinski definition) is 5. The van der Waals surface area contributed by atoms with E-state index in [0.717, 1.165) is 43.4 Å².